The molecular weight excluding hydrogens is 268 g/mol. The van der Waals surface area contributed by atoms with Crippen LogP contribution in [0.3, 0.4) is 0 Å². The molecule has 0 radical (unpaired) electrons. The first-order chi connectivity index (χ1) is 8.78. The molecule has 0 aliphatic carbocycles. The van der Waals surface area contributed by atoms with E-state index in [4.69, 9.17) is 0 Å². The molecule has 0 fully saturated rings. The van der Waals surface area contributed by atoms with E-state index in [0.717, 1.165) is 11.8 Å². The quantitative estimate of drug-likeness (QED) is 0.823. The molecule has 1 heterocycles. The highest BCUT2D eigenvalue weighted by molar-refractivity contribution is 7.89. The Labute approximate surface area is 111 Å². The number of carbonyl (C=O) groups excluding carboxylic acids is 2. The zero-order valence-corrected chi connectivity index (χ0v) is 11.4. The van der Waals surface area contributed by atoms with Crippen LogP contribution in [0.5, 0.6) is 0 Å². The molecule has 0 aromatic heterocycles. The smallest absolute Gasteiger partial charge is 0.251 e. The second-order valence-corrected chi connectivity index (χ2v) is 6.31. The standard InChI is InChI=1S/C12H14N2O4S/c1-7(11(15)14-19(2,17)18)8-3-4-9-6-13-12(16)10(9)5-8/h3-5,7H,6H2,1-2H3,(H,13,16)(H,14,15). The van der Waals surface area contributed by atoms with Gasteiger partial charge in [0.1, 0.15) is 0 Å². The molecule has 19 heavy (non-hydrogen) atoms. The number of carbonyl (C=O) groups is 2. The van der Waals surface area contributed by atoms with Crippen molar-refractivity contribution in [3.05, 3.63) is 34.9 Å². The molecule has 1 unspecified atom stereocenters. The van der Waals surface area contributed by atoms with Crippen LogP contribution in [-0.2, 0) is 21.4 Å². The third-order valence-corrected chi connectivity index (χ3v) is 3.57. The van der Waals surface area contributed by atoms with E-state index < -0.39 is 21.8 Å². The summed E-state index contributed by atoms with van der Waals surface area (Å²) in [4.78, 5) is 23.3. The van der Waals surface area contributed by atoms with Crippen molar-refractivity contribution in [3.8, 4) is 0 Å². The molecule has 0 saturated carbocycles. The summed E-state index contributed by atoms with van der Waals surface area (Å²) in [7, 11) is -3.58. The summed E-state index contributed by atoms with van der Waals surface area (Å²) in [6.07, 6.45) is 0.924. The average molecular weight is 282 g/mol. The van der Waals surface area contributed by atoms with Crippen molar-refractivity contribution in [2.24, 2.45) is 0 Å². The molecule has 1 aromatic carbocycles. The first kappa shape index (κ1) is 13.5. The number of hydrogen-bond donors (Lipinski definition) is 2. The van der Waals surface area contributed by atoms with Gasteiger partial charge in [-0.3, -0.25) is 14.3 Å². The third-order valence-electron chi connectivity index (χ3n) is 3.00. The summed E-state index contributed by atoms with van der Waals surface area (Å²) < 4.78 is 24.0. The summed E-state index contributed by atoms with van der Waals surface area (Å²) in [5.41, 5.74) is 2.03. The van der Waals surface area contributed by atoms with Gasteiger partial charge in [0.15, 0.2) is 0 Å². The lowest BCUT2D eigenvalue weighted by Gasteiger charge is -2.12. The Kier molecular flexibility index (Phi) is 3.32. The van der Waals surface area contributed by atoms with Crippen LogP contribution in [0.4, 0.5) is 0 Å². The SMILES string of the molecule is CC(C(=O)NS(C)(=O)=O)c1ccc2c(c1)C(=O)NC2. The maximum Gasteiger partial charge on any atom is 0.251 e. The van der Waals surface area contributed by atoms with Crippen LogP contribution in [0.25, 0.3) is 0 Å². The zero-order chi connectivity index (χ0) is 14.2. The van der Waals surface area contributed by atoms with Crippen LogP contribution in [0.15, 0.2) is 18.2 Å². The Bertz CT molecular complexity index is 652. The van der Waals surface area contributed by atoms with Gasteiger partial charge in [0.25, 0.3) is 5.91 Å². The predicted octanol–water partition coefficient (Wildman–Crippen LogP) is 0.109. The van der Waals surface area contributed by atoms with Crippen molar-refractivity contribution in [1.29, 1.82) is 0 Å². The molecule has 2 rings (SSSR count). The van der Waals surface area contributed by atoms with Gasteiger partial charge >= 0.3 is 0 Å². The summed E-state index contributed by atoms with van der Waals surface area (Å²) in [5, 5.41) is 2.68. The molecular formula is C12H14N2O4S. The van der Waals surface area contributed by atoms with Crippen LogP contribution in [0.1, 0.15) is 34.3 Å². The first-order valence-electron chi connectivity index (χ1n) is 5.70. The summed E-state index contributed by atoms with van der Waals surface area (Å²) in [6, 6.07) is 5.13. The van der Waals surface area contributed by atoms with E-state index in [-0.39, 0.29) is 5.91 Å². The number of amides is 2. The molecule has 0 saturated heterocycles. The van der Waals surface area contributed by atoms with E-state index >= 15 is 0 Å². The van der Waals surface area contributed by atoms with Crippen LogP contribution in [0, 0.1) is 0 Å². The van der Waals surface area contributed by atoms with Crippen LogP contribution in [0.2, 0.25) is 0 Å². The topological polar surface area (TPSA) is 92.3 Å². The highest BCUT2D eigenvalue weighted by Gasteiger charge is 2.23. The third kappa shape index (κ3) is 2.93. The van der Waals surface area contributed by atoms with E-state index in [1.54, 1.807) is 25.1 Å². The Morgan fingerprint density at radius 2 is 2.11 bits per heavy atom. The zero-order valence-electron chi connectivity index (χ0n) is 10.6. The molecule has 6 nitrogen and oxygen atoms in total. The molecule has 0 bridgehead atoms. The lowest BCUT2D eigenvalue weighted by Crippen LogP contribution is -2.32. The van der Waals surface area contributed by atoms with Crippen molar-refractivity contribution in [3.63, 3.8) is 0 Å². The Balaban J connectivity index is 2.25. The highest BCUT2D eigenvalue weighted by Crippen LogP contribution is 2.22. The minimum Gasteiger partial charge on any atom is -0.348 e. The van der Waals surface area contributed by atoms with Gasteiger partial charge < -0.3 is 5.32 Å². The van der Waals surface area contributed by atoms with Crippen LogP contribution in [-0.4, -0.2) is 26.5 Å². The molecule has 2 amide bonds. The Hall–Kier alpha value is -1.89. The molecule has 2 N–H and O–H groups in total. The van der Waals surface area contributed by atoms with Gasteiger partial charge in [-0.15, -0.1) is 0 Å². The van der Waals surface area contributed by atoms with Crippen molar-refractivity contribution in [2.45, 2.75) is 19.4 Å². The lowest BCUT2D eigenvalue weighted by atomic mass is 9.96. The molecule has 1 atom stereocenters. The molecule has 1 aliphatic rings. The molecule has 1 aromatic rings. The van der Waals surface area contributed by atoms with Gasteiger partial charge in [0.05, 0.1) is 12.2 Å². The molecule has 102 valence electrons. The van der Waals surface area contributed by atoms with Gasteiger partial charge in [0.2, 0.25) is 15.9 Å². The average Bonchev–Trinajstić information content (AvgIpc) is 2.67. The van der Waals surface area contributed by atoms with Crippen molar-refractivity contribution >= 4 is 21.8 Å². The Morgan fingerprint density at radius 1 is 1.42 bits per heavy atom. The minimum atomic E-state index is -3.58. The molecule has 7 heteroatoms. The summed E-state index contributed by atoms with van der Waals surface area (Å²) in [6.45, 7) is 2.08. The fourth-order valence-corrected chi connectivity index (χ4v) is 2.46. The number of rotatable bonds is 3. The predicted molar refractivity (Wildman–Crippen MR) is 69.0 cm³/mol. The van der Waals surface area contributed by atoms with Gasteiger partial charge in [0, 0.05) is 12.1 Å². The first-order valence-corrected chi connectivity index (χ1v) is 7.60. The number of nitrogens with one attached hydrogen (secondary N) is 2. The summed E-state index contributed by atoms with van der Waals surface area (Å²) in [5.74, 6) is -1.43. The lowest BCUT2D eigenvalue weighted by molar-refractivity contribution is -0.120. The van der Waals surface area contributed by atoms with Crippen molar-refractivity contribution < 1.29 is 18.0 Å². The van der Waals surface area contributed by atoms with Crippen LogP contribution >= 0.6 is 0 Å². The highest BCUT2D eigenvalue weighted by atomic mass is 32.2. The largest absolute Gasteiger partial charge is 0.348 e. The number of fused-ring (bicyclic) bond motifs is 1. The van der Waals surface area contributed by atoms with E-state index in [2.05, 4.69) is 5.32 Å². The van der Waals surface area contributed by atoms with E-state index in [0.29, 0.717) is 17.7 Å². The fraction of sp³-hybridized carbons (Fsp3) is 0.333. The van der Waals surface area contributed by atoms with E-state index in [9.17, 15) is 18.0 Å². The molecule has 1 aliphatic heterocycles. The van der Waals surface area contributed by atoms with Crippen molar-refractivity contribution in [1.82, 2.24) is 10.0 Å². The fourth-order valence-electron chi connectivity index (χ4n) is 1.92. The monoisotopic (exact) mass is 282 g/mol. The molecule has 0 spiro atoms. The number of sulfonamides is 1. The van der Waals surface area contributed by atoms with Crippen LogP contribution < -0.4 is 10.0 Å². The second-order valence-electron chi connectivity index (χ2n) is 4.56. The number of benzene rings is 1. The van der Waals surface area contributed by atoms with Gasteiger partial charge in [-0.1, -0.05) is 12.1 Å². The minimum absolute atomic E-state index is 0.174. The normalized spacial score (nSPS) is 15.6. The van der Waals surface area contributed by atoms with E-state index in [1.807, 2.05) is 4.72 Å². The van der Waals surface area contributed by atoms with Gasteiger partial charge in [-0.2, -0.15) is 0 Å². The van der Waals surface area contributed by atoms with Crippen molar-refractivity contribution in [2.75, 3.05) is 6.26 Å². The Morgan fingerprint density at radius 3 is 2.74 bits per heavy atom. The van der Waals surface area contributed by atoms with Gasteiger partial charge in [-0.25, -0.2) is 8.42 Å². The maximum atomic E-state index is 11.7. The maximum absolute atomic E-state index is 11.7. The summed E-state index contributed by atoms with van der Waals surface area (Å²) >= 11 is 0. The number of hydrogen-bond acceptors (Lipinski definition) is 4. The second kappa shape index (κ2) is 4.65. The van der Waals surface area contributed by atoms with Gasteiger partial charge in [-0.05, 0) is 24.1 Å². The van der Waals surface area contributed by atoms with E-state index in [1.165, 1.54) is 0 Å².